The minimum Gasteiger partial charge on any atom is -0.475 e. The van der Waals surface area contributed by atoms with Gasteiger partial charge in [0.25, 0.3) is 5.82 Å². The van der Waals surface area contributed by atoms with Crippen molar-refractivity contribution in [1.82, 2.24) is 25.4 Å². The second-order valence-corrected chi connectivity index (χ2v) is 2.44. The molecule has 0 atom stereocenters. The van der Waals surface area contributed by atoms with Gasteiger partial charge in [-0.15, -0.1) is 10.2 Å². The highest BCUT2D eigenvalue weighted by atomic mass is 16.4. The van der Waals surface area contributed by atoms with E-state index in [1.807, 2.05) is 0 Å². The lowest BCUT2D eigenvalue weighted by Crippen LogP contribution is -2.05. The molecule has 0 aliphatic heterocycles. The quantitative estimate of drug-likeness (QED) is 0.690. The first-order chi connectivity index (χ1) is 6.77. The highest BCUT2D eigenvalue weighted by molar-refractivity contribution is 5.82. The Kier molecular flexibility index (Phi) is 1.90. The molecule has 0 saturated carbocycles. The Morgan fingerprint density at radius 2 is 2.29 bits per heavy atom. The molecule has 0 aromatic carbocycles. The van der Waals surface area contributed by atoms with Crippen LogP contribution in [0, 0.1) is 0 Å². The third kappa shape index (κ3) is 1.42. The molecular formula is C7H5N5O2. The lowest BCUT2D eigenvalue weighted by atomic mass is 10.3. The molecule has 0 bridgehead atoms. The minimum absolute atomic E-state index is 0.326. The second kappa shape index (κ2) is 3.21. The number of H-pyrrole nitrogens is 1. The van der Waals surface area contributed by atoms with Gasteiger partial charge in [-0.3, -0.25) is 5.10 Å². The fourth-order valence-corrected chi connectivity index (χ4v) is 0.895. The van der Waals surface area contributed by atoms with Crippen LogP contribution in [-0.2, 0) is 0 Å². The molecule has 2 aromatic heterocycles. The monoisotopic (exact) mass is 191 g/mol. The number of aromatic amines is 1. The zero-order valence-corrected chi connectivity index (χ0v) is 6.88. The molecule has 7 heteroatoms. The van der Waals surface area contributed by atoms with E-state index in [-0.39, 0.29) is 5.82 Å². The number of aromatic carboxylic acids is 1. The van der Waals surface area contributed by atoms with Crippen molar-refractivity contribution >= 4 is 5.97 Å². The van der Waals surface area contributed by atoms with Crippen LogP contribution in [0.3, 0.4) is 0 Å². The number of hydrogen-bond donors (Lipinski definition) is 2. The first kappa shape index (κ1) is 8.30. The molecule has 0 aliphatic rings. The second-order valence-electron chi connectivity index (χ2n) is 2.44. The number of carbonyl (C=O) groups is 1. The van der Waals surface area contributed by atoms with Crippen molar-refractivity contribution in [2.24, 2.45) is 0 Å². The van der Waals surface area contributed by atoms with Crippen LogP contribution in [-0.4, -0.2) is 36.5 Å². The number of aromatic nitrogens is 5. The van der Waals surface area contributed by atoms with Crippen molar-refractivity contribution in [3.63, 3.8) is 0 Å². The van der Waals surface area contributed by atoms with Crippen molar-refractivity contribution in [3.8, 4) is 11.4 Å². The molecule has 0 amide bonds. The van der Waals surface area contributed by atoms with Gasteiger partial charge < -0.3 is 5.11 Å². The lowest BCUT2D eigenvalue weighted by molar-refractivity contribution is 0.0682. The normalized spacial score (nSPS) is 10.0. The maximum absolute atomic E-state index is 10.4. The van der Waals surface area contributed by atoms with Crippen molar-refractivity contribution in [3.05, 3.63) is 24.3 Å². The number of carboxylic acid groups (broad SMARTS) is 1. The number of nitrogens with one attached hydrogen (secondary N) is 1. The number of carboxylic acids is 1. The first-order valence-corrected chi connectivity index (χ1v) is 3.70. The van der Waals surface area contributed by atoms with E-state index < -0.39 is 5.97 Å². The molecule has 2 N–H and O–H groups in total. The van der Waals surface area contributed by atoms with Gasteiger partial charge >= 0.3 is 5.97 Å². The van der Waals surface area contributed by atoms with Crippen LogP contribution in [0.5, 0.6) is 0 Å². The zero-order chi connectivity index (χ0) is 9.97. The summed E-state index contributed by atoms with van der Waals surface area (Å²) in [5, 5.41) is 22.0. The van der Waals surface area contributed by atoms with Crippen LogP contribution < -0.4 is 0 Å². The van der Waals surface area contributed by atoms with E-state index in [4.69, 9.17) is 5.11 Å². The summed E-state index contributed by atoms with van der Waals surface area (Å²) in [4.78, 5) is 14.0. The summed E-state index contributed by atoms with van der Waals surface area (Å²) in [6.45, 7) is 0. The Bertz CT molecular complexity index is 436. The minimum atomic E-state index is -1.20. The van der Waals surface area contributed by atoms with Crippen LogP contribution in [0.1, 0.15) is 10.6 Å². The van der Waals surface area contributed by atoms with Crippen LogP contribution in [0.15, 0.2) is 18.5 Å². The first-order valence-electron chi connectivity index (χ1n) is 3.70. The maximum Gasteiger partial charge on any atom is 0.375 e. The predicted molar refractivity (Wildman–Crippen MR) is 44.4 cm³/mol. The van der Waals surface area contributed by atoms with Crippen molar-refractivity contribution in [2.45, 2.75) is 0 Å². The van der Waals surface area contributed by atoms with Gasteiger partial charge in [-0.25, -0.2) is 9.78 Å². The van der Waals surface area contributed by atoms with E-state index in [2.05, 4.69) is 25.4 Å². The fourth-order valence-electron chi connectivity index (χ4n) is 0.895. The van der Waals surface area contributed by atoms with Crippen molar-refractivity contribution < 1.29 is 9.90 Å². The topological polar surface area (TPSA) is 105 Å². The third-order valence-corrected chi connectivity index (χ3v) is 1.53. The molecule has 0 unspecified atom stereocenters. The van der Waals surface area contributed by atoms with Gasteiger partial charge in [-0.05, 0) is 6.07 Å². The SMILES string of the molecule is O=C(O)c1ncc(-c2ccn[nH]2)nn1. The molecule has 14 heavy (non-hydrogen) atoms. The van der Waals surface area contributed by atoms with E-state index in [0.29, 0.717) is 11.4 Å². The molecule has 2 heterocycles. The number of rotatable bonds is 2. The highest BCUT2D eigenvalue weighted by Gasteiger charge is 2.08. The Labute approximate surface area is 77.8 Å². The van der Waals surface area contributed by atoms with E-state index >= 15 is 0 Å². The zero-order valence-electron chi connectivity index (χ0n) is 6.88. The standard InChI is InChI=1S/C7H5N5O2/c13-7(14)6-8-3-5(11-12-6)4-1-2-9-10-4/h1-3H,(H,9,10)(H,13,14). The van der Waals surface area contributed by atoms with Crippen LogP contribution >= 0.6 is 0 Å². The van der Waals surface area contributed by atoms with Crippen LogP contribution in [0.25, 0.3) is 11.4 Å². The van der Waals surface area contributed by atoms with E-state index in [0.717, 1.165) is 0 Å². The summed E-state index contributed by atoms with van der Waals surface area (Å²) in [6.07, 6.45) is 2.88. The van der Waals surface area contributed by atoms with Gasteiger partial charge in [-0.1, -0.05) is 0 Å². The van der Waals surface area contributed by atoms with Gasteiger partial charge in [-0.2, -0.15) is 5.10 Å². The van der Waals surface area contributed by atoms with Gasteiger partial charge in [0.1, 0.15) is 5.69 Å². The molecule has 2 rings (SSSR count). The molecule has 2 aromatic rings. The Hall–Kier alpha value is -2.31. The van der Waals surface area contributed by atoms with E-state index in [9.17, 15) is 4.79 Å². The molecule has 0 radical (unpaired) electrons. The molecule has 0 saturated heterocycles. The molecular weight excluding hydrogens is 186 g/mol. The number of nitrogens with zero attached hydrogens (tertiary/aromatic N) is 4. The molecule has 7 nitrogen and oxygen atoms in total. The van der Waals surface area contributed by atoms with Crippen LogP contribution in [0.2, 0.25) is 0 Å². The smallest absolute Gasteiger partial charge is 0.375 e. The average Bonchev–Trinajstić information content (AvgIpc) is 2.71. The average molecular weight is 191 g/mol. The van der Waals surface area contributed by atoms with Gasteiger partial charge in [0.15, 0.2) is 0 Å². The van der Waals surface area contributed by atoms with E-state index in [1.165, 1.54) is 6.20 Å². The summed E-state index contributed by atoms with van der Waals surface area (Å²) >= 11 is 0. The summed E-state index contributed by atoms with van der Waals surface area (Å²) < 4.78 is 0. The third-order valence-electron chi connectivity index (χ3n) is 1.53. The molecule has 0 spiro atoms. The Morgan fingerprint density at radius 3 is 2.79 bits per heavy atom. The van der Waals surface area contributed by atoms with Gasteiger partial charge in [0, 0.05) is 6.20 Å². The molecule has 70 valence electrons. The van der Waals surface area contributed by atoms with Crippen molar-refractivity contribution in [2.75, 3.05) is 0 Å². The summed E-state index contributed by atoms with van der Waals surface area (Å²) in [5.74, 6) is -1.53. The largest absolute Gasteiger partial charge is 0.475 e. The van der Waals surface area contributed by atoms with E-state index in [1.54, 1.807) is 12.3 Å². The fraction of sp³-hybridized carbons (Fsp3) is 0. The predicted octanol–water partition coefficient (Wildman–Crippen LogP) is -0.0401. The summed E-state index contributed by atoms with van der Waals surface area (Å²) in [5.41, 5.74) is 1.09. The lowest BCUT2D eigenvalue weighted by Gasteiger charge is -1.94. The van der Waals surface area contributed by atoms with Crippen LogP contribution in [0.4, 0.5) is 0 Å². The Morgan fingerprint density at radius 1 is 1.43 bits per heavy atom. The summed E-state index contributed by atoms with van der Waals surface area (Å²) in [6, 6.07) is 1.69. The maximum atomic E-state index is 10.4. The van der Waals surface area contributed by atoms with Crippen molar-refractivity contribution in [1.29, 1.82) is 0 Å². The highest BCUT2D eigenvalue weighted by Crippen LogP contribution is 2.09. The molecule has 0 fully saturated rings. The van der Waals surface area contributed by atoms with Gasteiger partial charge in [0.2, 0.25) is 0 Å². The summed E-state index contributed by atoms with van der Waals surface area (Å²) in [7, 11) is 0. The van der Waals surface area contributed by atoms with Gasteiger partial charge in [0.05, 0.1) is 11.9 Å². The Balaban J connectivity index is 2.36. The molecule has 0 aliphatic carbocycles. The number of hydrogen-bond acceptors (Lipinski definition) is 5.